The van der Waals surface area contributed by atoms with Gasteiger partial charge in [-0.05, 0) is 31.4 Å². The van der Waals surface area contributed by atoms with Crippen LogP contribution in [0, 0.1) is 0 Å². The van der Waals surface area contributed by atoms with Gasteiger partial charge in [0, 0.05) is 26.1 Å². The van der Waals surface area contributed by atoms with Crippen molar-refractivity contribution >= 4 is 33.2 Å². The molecule has 1 saturated heterocycles. The van der Waals surface area contributed by atoms with Crippen molar-refractivity contribution in [3.63, 3.8) is 0 Å². The van der Waals surface area contributed by atoms with Gasteiger partial charge in [-0.25, -0.2) is 18.4 Å². The van der Waals surface area contributed by atoms with Gasteiger partial charge < -0.3 is 15.0 Å². The first kappa shape index (κ1) is 19.3. The summed E-state index contributed by atoms with van der Waals surface area (Å²) in [6.07, 6.45) is 1.00. The Morgan fingerprint density at radius 1 is 1.46 bits per heavy atom. The van der Waals surface area contributed by atoms with Crippen molar-refractivity contribution in [1.82, 2.24) is 15.3 Å². The third-order valence-electron chi connectivity index (χ3n) is 4.86. The second-order valence-electron chi connectivity index (χ2n) is 6.79. The van der Waals surface area contributed by atoms with E-state index in [9.17, 15) is 13.2 Å². The normalized spacial score (nSPS) is 22.1. The number of anilines is 1. The van der Waals surface area contributed by atoms with Crippen LogP contribution in [0.15, 0.2) is 6.07 Å². The quantitative estimate of drug-likeness (QED) is 0.705. The van der Waals surface area contributed by atoms with Crippen LogP contribution in [0.3, 0.4) is 0 Å². The monoisotopic (exact) mass is 402 g/mol. The van der Waals surface area contributed by atoms with E-state index in [2.05, 4.69) is 20.2 Å². The van der Waals surface area contributed by atoms with Gasteiger partial charge in [0.2, 0.25) is 11.2 Å². The zero-order chi connectivity index (χ0) is 18.9. The molecule has 0 unspecified atom stereocenters. The number of carbonyl (C=O) groups is 1. The van der Waals surface area contributed by atoms with Gasteiger partial charge >= 0.3 is 0 Å². The van der Waals surface area contributed by atoms with E-state index in [1.807, 2.05) is 6.92 Å². The summed E-state index contributed by atoms with van der Waals surface area (Å²) in [5, 5.41) is 2.58. The lowest BCUT2D eigenvalue weighted by Gasteiger charge is -2.34. The topological polar surface area (TPSA) is 101 Å². The minimum absolute atomic E-state index is 0.0412. The van der Waals surface area contributed by atoms with E-state index in [0.717, 1.165) is 0 Å². The summed E-state index contributed by atoms with van der Waals surface area (Å²) in [6.45, 7) is 5.30. The minimum atomic E-state index is -3.48. The third kappa shape index (κ3) is 3.79. The number of rotatable bonds is 6. The van der Waals surface area contributed by atoms with Crippen LogP contribution in [-0.4, -0.2) is 62.4 Å². The lowest BCUT2D eigenvalue weighted by molar-refractivity contribution is -0.118. The van der Waals surface area contributed by atoms with Gasteiger partial charge in [-0.3, -0.25) is 4.79 Å². The maximum atomic E-state index is 12.9. The van der Waals surface area contributed by atoms with Gasteiger partial charge in [0.15, 0.2) is 9.84 Å². The van der Waals surface area contributed by atoms with Crippen molar-refractivity contribution < 1.29 is 17.9 Å². The maximum absolute atomic E-state index is 12.9. The van der Waals surface area contributed by atoms with Crippen molar-refractivity contribution in [2.75, 3.05) is 37.0 Å². The summed E-state index contributed by atoms with van der Waals surface area (Å²) in [5.74, 6) is 0.246. The Labute approximate surface area is 158 Å². The molecule has 1 atom stereocenters. The van der Waals surface area contributed by atoms with E-state index in [-0.39, 0.29) is 29.5 Å². The van der Waals surface area contributed by atoms with E-state index < -0.39 is 14.6 Å². The molecule has 0 bridgehead atoms. The first-order chi connectivity index (χ1) is 12.2. The summed E-state index contributed by atoms with van der Waals surface area (Å²) >= 11 is 6.11. The number of nitrogens with zero attached hydrogens (tertiary/aromatic N) is 3. The molecule has 1 amide bonds. The Morgan fingerprint density at radius 2 is 2.19 bits per heavy atom. The number of ether oxygens (including phenoxy) is 1. The molecular weight excluding hydrogens is 380 g/mol. The second kappa shape index (κ2) is 7.28. The van der Waals surface area contributed by atoms with Gasteiger partial charge in [-0.15, -0.1) is 0 Å². The van der Waals surface area contributed by atoms with Crippen molar-refractivity contribution in [2.45, 2.75) is 37.5 Å². The van der Waals surface area contributed by atoms with Crippen molar-refractivity contribution in [1.29, 1.82) is 0 Å². The van der Waals surface area contributed by atoms with Gasteiger partial charge in [-0.1, -0.05) is 0 Å². The molecule has 0 spiro atoms. The van der Waals surface area contributed by atoms with Crippen molar-refractivity contribution in [3.8, 4) is 0 Å². The average molecular weight is 403 g/mol. The van der Waals surface area contributed by atoms with Crippen LogP contribution < -0.4 is 10.2 Å². The SMILES string of the molecule is CC(=O)NCCS(=O)(=O)C1(c2cc(N3CCOC[C@@H]3C)nc(Cl)n2)CC1. The van der Waals surface area contributed by atoms with Crippen LogP contribution in [0.25, 0.3) is 0 Å². The van der Waals surface area contributed by atoms with Crippen LogP contribution in [-0.2, 0) is 24.1 Å². The number of halogens is 1. The molecule has 0 radical (unpaired) electrons. The zero-order valence-electron chi connectivity index (χ0n) is 14.9. The van der Waals surface area contributed by atoms with Gasteiger partial charge in [0.25, 0.3) is 0 Å². The van der Waals surface area contributed by atoms with E-state index in [4.69, 9.17) is 16.3 Å². The van der Waals surface area contributed by atoms with Gasteiger partial charge in [0.05, 0.1) is 30.7 Å². The molecule has 1 aromatic rings. The predicted octanol–water partition coefficient (Wildman–Crippen LogP) is 0.895. The van der Waals surface area contributed by atoms with Crippen LogP contribution in [0.5, 0.6) is 0 Å². The standard InChI is InChI=1S/C16H23ClN4O4S/c1-11-10-25-7-6-21(11)14-9-13(19-15(17)20-14)16(3-4-16)26(23,24)8-5-18-12(2)22/h9,11H,3-8,10H2,1-2H3,(H,18,22)/t11-/m0/s1. The van der Waals surface area contributed by atoms with Gasteiger partial charge in [-0.2, -0.15) is 0 Å². The average Bonchev–Trinajstić information content (AvgIpc) is 3.36. The molecule has 144 valence electrons. The number of nitrogens with one attached hydrogen (secondary N) is 1. The molecule has 2 heterocycles. The minimum Gasteiger partial charge on any atom is -0.377 e. The van der Waals surface area contributed by atoms with E-state index >= 15 is 0 Å². The molecule has 1 aromatic heterocycles. The van der Waals surface area contributed by atoms with Crippen LogP contribution in [0.1, 0.15) is 32.4 Å². The molecule has 2 aliphatic rings. The Kier molecular flexibility index (Phi) is 5.41. The molecule has 2 fully saturated rings. The lowest BCUT2D eigenvalue weighted by atomic mass is 10.2. The number of aromatic nitrogens is 2. The molecule has 1 aliphatic heterocycles. The second-order valence-corrected chi connectivity index (χ2v) is 9.55. The third-order valence-corrected chi connectivity index (χ3v) is 7.58. The maximum Gasteiger partial charge on any atom is 0.224 e. The molecule has 8 nitrogen and oxygen atoms in total. The Morgan fingerprint density at radius 3 is 2.81 bits per heavy atom. The fraction of sp³-hybridized carbons (Fsp3) is 0.688. The highest BCUT2D eigenvalue weighted by Crippen LogP contribution is 2.53. The Bertz CT molecular complexity index is 797. The first-order valence-corrected chi connectivity index (χ1v) is 10.6. The number of hydrogen-bond acceptors (Lipinski definition) is 7. The highest BCUT2D eigenvalue weighted by atomic mass is 35.5. The fourth-order valence-electron chi connectivity index (χ4n) is 3.25. The van der Waals surface area contributed by atoms with Crippen LogP contribution in [0.2, 0.25) is 5.28 Å². The zero-order valence-corrected chi connectivity index (χ0v) is 16.4. The molecule has 10 heteroatoms. The number of carbonyl (C=O) groups excluding carboxylic acids is 1. The number of amides is 1. The number of morpholine rings is 1. The summed E-state index contributed by atoms with van der Waals surface area (Å²) in [4.78, 5) is 21.6. The highest BCUT2D eigenvalue weighted by molar-refractivity contribution is 7.92. The predicted molar refractivity (Wildman–Crippen MR) is 98.1 cm³/mol. The summed E-state index contributed by atoms with van der Waals surface area (Å²) in [7, 11) is -3.48. The molecular formula is C16H23ClN4O4S. The summed E-state index contributed by atoms with van der Waals surface area (Å²) < 4.78 is 30.2. The van der Waals surface area contributed by atoms with E-state index in [1.165, 1.54) is 6.92 Å². The van der Waals surface area contributed by atoms with Crippen molar-refractivity contribution in [3.05, 3.63) is 17.0 Å². The van der Waals surface area contributed by atoms with E-state index in [0.29, 0.717) is 44.1 Å². The number of hydrogen-bond donors (Lipinski definition) is 1. The van der Waals surface area contributed by atoms with Crippen LogP contribution in [0.4, 0.5) is 5.82 Å². The number of sulfone groups is 1. The summed E-state index contributed by atoms with van der Waals surface area (Å²) in [5.41, 5.74) is 0.439. The lowest BCUT2D eigenvalue weighted by Crippen LogP contribution is -2.44. The molecule has 26 heavy (non-hydrogen) atoms. The Hall–Kier alpha value is -1.45. The largest absolute Gasteiger partial charge is 0.377 e. The molecule has 0 aromatic carbocycles. The van der Waals surface area contributed by atoms with Crippen molar-refractivity contribution in [2.24, 2.45) is 0 Å². The smallest absolute Gasteiger partial charge is 0.224 e. The molecule has 3 rings (SSSR count). The molecule has 1 N–H and O–H groups in total. The van der Waals surface area contributed by atoms with E-state index in [1.54, 1.807) is 6.07 Å². The summed E-state index contributed by atoms with van der Waals surface area (Å²) in [6, 6.07) is 1.85. The Balaban J connectivity index is 1.87. The molecule has 1 saturated carbocycles. The highest BCUT2D eigenvalue weighted by Gasteiger charge is 2.57. The first-order valence-electron chi connectivity index (χ1n) is 8.61. The fourth-order valence-corrected chi connectivity index (χ4v) is 5.34. The molecule has 1 aliphatic carbocycles. The van der Waals surface area contributed by atoms with Crippen LogP contribution >= 0.6 is 11.6 Å². The van der Waals surface area contributed by atoms with Gasteiger partial charge in [0.1, 0.15) is 10.6 Å².